The van der Waals surface area contributed by atoms with Crippen molar-refractivity contribution < 1.29 is 34.1 Å². The second-order valence-electron chi connectivity index (χ2n) is 10.1. The second kappa shape index (κ2) is 15.4. The highest BCUT2D eigenvalue weighted by molar-refractivity contribution is 6.08. The lowest BCUT2D eigenvalue weighted by molar-refractivity contribution is -0.136. The Labute approximate surface area is 250 Å². The van der Waals surface area contributed by atoms with Gasteiger partial charge in [-0.2, -0.15) is 4.99 Å². The number of carbonyl (C=O) groups is 3. The van der Waals surface area contributed by atoms with Gasteiger partial charge in [-0.3, -0.25) is 9.59 Å². The molecule has 0 aliphatic rings. The van der Waals surface area contributed by atoms with Crippen molar-refractivity contribution in [2.75, 3.05) is 17.2 Å². The Hall–Kier alpha value is -4.90. The van der Waals surface area contributed by atoms with E-state index in [4.69, 9.17) is 15.2 Å². The van der Waals surface area contributed by atoms with Gasteiger partial charge in [0, 0.05) is 29.9 Å². The van der Waals surface area contributed by atoms with E-state index in [1.165, 1.54) is 0 Å². The molecule has 0 saturated carbocycles. The third-order valence-electron chi connectivity index (χ3n) is 6.30. The fraction of sp³-hybridized carbons (Fsp3) is 0.312. The van der Waals surface area contributed by atoms with Gasteiger partial charge in [0.1, 0.15) is 11.6 Å². The Morgan fingerprint density at radius 1 is 1.05 bits per heavy atom. The quantitative estimate of drug-likeness (QED) is 0.135. The van der Waals surface area contributed by atoms with E-state index in [9.17, 15) is 24.6 Å². The number of aliphatic carboxylic acids is 1. The molecular weight excluding hydrogens is 552 g/mol. The van der Waals surface area contributed by atoms with Crippen molar-refractivity contribution >= 4 is 35.2 Å². The highest BCUT2D eigenvalue weighted by atomic mass is 16.5. The van der Waals surface area contributed by atoms with E-state index in [0.717, 1.165) is 16.7 Å². The number of amidine groups is 1. The Kier molecular flexibility index (Phi) is 11.7. The third-order valence-corrected chi connectivity index (χ3v) is 6.30. The zero-order valence-corrected chi connectivity index (χ0v) is 24.8. The lowest BCUT2D eigenvalue weighted by Crippen LogP contribution is -2.17. The molecule has 228 valence electrons. The van der Waals surface area contributed by atoms with Gasteiger partial charge in [0.15, 0.2) is 0 Å². The number of hydrogen-bond acceptors (Lipinski definition) is 7. The molecule has 0 heterocycles. The van der Waals surface area contributed by atoms with Crippen molar-refractivity contribution in [3.8, 4) is 5.75 Å². The van der Waals surface area contributed by atoms with E-state index in [2.05, 4.69) is 15.6 Å². The summed E-state index contributed by atoms with van der Waals surface area (Å²) in [5.41, 5.74) is 10.8. The maximum atomic E-state index is 13.4. The van der Waals surface area contributed by atoms with Gasteiger partial charge in [0.2, 0.25) is 0 Å². The lowest BCUT2D eigenvalue weighted by atomic mass is 9.98. The minimum atomic E-state index is -0.930. The molecule has 3 aromatic carbocycles. The fourth-order valence-electron chi connectivity index (χ4n) is 4.32. The first-order valence-corrected chi connectivity index (χ1v) is 13.9. The maximum Gasteiger partial charge on any atom is 0.435 e. The molecule has 0 spiro atoms. The second-order valence-corrected chi connectivity index (χ2v) is 10.1. The van der Waals surface area contributed by atoms with Gasteiger partial charge in [-0.25, -0.2) is 4.79 Å². The molecule has 11 nitrogen and oxygen atoms in total. The van der Waals surface area contributed by atoms with Gasteiger partial charge in [-0.15, -0.1) is 0 Å². The number of ether oxygens (including phenoxy) is 2. The summed E-state index contributed by atoms with van der Waals surface area (Å²) < 4.78 is 10.8. The van der Waals surface area contributed by atoms with Crippen molar-refractivity contribution in [1.82, 2.24) is 0 Å². The van der Waals surface area contributed by atoms with E-state index in [1.807, 2.05) is 32.9 Å². The Bertz CT molecular complexity index is 1480. The van der Waals surface area contributed by atoms with Crippen LogP contribution in [0.5, 0.6) is 5.75 Å². The smallest absolute Gasteiger partial charge is 0.435 e. The highest BCUT2D eigenvalue weighted by Gasteiger charge is 2.17. The Balaban J connectivity index is 1.84. The maximum absolute atomic E-state index is 13.4. The molecule has 0 atom stereocenters. The van der Waals surface area contributed by atoms with Crippen LogP contribution in [0.2, 0.25) is 0 Å². The number of carboxylic acid groups (broad SMARTS) is 1. The number of amides is 2. The van der Waals surface area contributed by atoms with E-state index in [1.54, 1.807) is 49.4 Å². The zero-order valence-electron chi connectivity index (χ0n) is 24.8. The number of carbonyl (C=O) groups excluding carboxylic acids is 2. The van der Waals surface area contributed by atoms with Gasteiger partial charge >= 0.3 is 12.1 Å². The predicted octanol–water partition coefficient (Wildman–Crippen LogP) is 5.02. The molecule has 2 amide bonds. The number of carboxylic acids is 1. The third kappa shape index (κ3) is 9.57. The molecular formula is C32H38N4O7. The summed E-state index contributed by atoms with van der Waals surface area (Å²) in [7, 11) is 0. The van der Waals surface area contributed by atoms with Gasteiger partial charge in [-0.05, 0) is 93.3 Å². The molecule has 0 aromatic heterocycles. The van der Waals surface area contributed by atoms with Gasteiger partial charge in [0.05, 0.1) is 24.9 Å². The van der Waals surface area contributed by atoms with Crippen LogP contribution < -0.4 is 21.1 Å². The number of aliphatic hydroxyl groups is 1. The first kappa shape index (κ1) is 32.6. The van der Waals surface area contributed by atoms with Crippen LogP contribution in [0.3, 0.4) is 0 Å². The lowest BCUT2D eigenvalue weighted by Gasteiger charge is -2.20. The van der Waals surface area contributed by atoms with Crippen LogP contribution in [0.1, 0.15) is 65.4 Å². The summed E-state index contributed by atoms with van der Waals surface area (Å²) in [5, 5.41) is 25.4. The van der Waals surface area contributed by atoms with Crippen LogP contribution in [-0.4, -0.2) is 46.7 Å². The van der Waals surface area contributed by atoms with Crippen molar-refractivity contribution in [1.29, 1.82) is 0 Å². The number of anilines is 2. The number of aliphatic hydroxyl groups excluding tert-OH is 1. The minimum absolute atomic E-state index is 0.00330. The average molecular weight is 591 g/mol. The molecule has 0 unspecified atom stereocenters. The van der Waals surface area contributed by atoms with Crippen molar-refractivity contribution in [3.63, 3.8) is 0 Å². The fourth-order valence-corrected chi connectivity index (χ4v) is 4.32. The molecule has 0 aliphatic carbocycles. The number of aryl methyl sites for hydroxylation is 1. The molecule has 3 rings (SSSR count). The number of nitrogens with two attached hydrogens (primary N) is 1. The summed E-state index contributed by atoms with van der Waals surface area (Å²) in [6.45, 7) is 7.54. The monoisotopic (exact) mass is 590 g/mol. The number of rotatable bonds is 13. The Morgan fingerprint density at radius 2 is 1.77 bits per heavy atom. The topological polar surface area (TPSA) is 173 Å². The molecule has 0 fully saturated rings. The van der Waals surface area contributed by atoms with Gasteiger partial charge in [-0.1, -0.05) is 17.7 Å². The Morgan fingerprint density at radius 3 is 2.40 bits per heavy atom. The summed E-state index contributed by atoms with van der Waals surface area (Å²) >= 11 is 0. The van der Waals surface area contributed by atoms with Crippen LogP contribution in [0.4, 0.5) is 16.2 Å². The average Bonchev–Trinajstić information content (AvgIpc) is 2.95. The van der Waals surface area contributed by atoms with Crippen LogP contribution >= 0.6 is 0 Å². The first-order valence-electron chi connectivity index (χ1n) is 13.9. The number of benzene rings is 3. The summed E-state index contributed by atoms with van der Waals surface area (Å²) in [4.78, 5) is 40.0. The summed E-state index contributed by atoms with van der Waals surface area (Å²) in [6.07, 6.45) is -0.775. The standard InChI is InChI=1S/C32H38N4O7/c1-5-42-32(41)36-30(33)22-7-9-24(10-8-22)35-31(40)26-14-20(4)6-12-27(26)34-17-23-15-21(18-37)16-28(43-19(2)3)25(23)11-13-29(38)39/h6-10,12,14-16,19,34,37H,5,11,13,17-18H2,1-4H3,(H,35,40)(H,38,39)(H2,33,36,41). The number of hydrogen-bond donors (Lipinski definition) is 5. The van der Waals surface area contributed by atoms with Gasteiger partial charge in [0.25, 0.3) is 5.91 Å². The normalized spacial score (nSPS) is 11.3. The highest BCUT2D eigenvalue weighted by Crippen LogP contribution is 2.29. The van der Waals surface area contributed by atoms with Crippen molar-refractivity contribution in [3.05, 3.63) is 88.0 Å². The van der Waals surface area contributed by atoms with Crippen LogP contribution in [0.25, 0.3) is 0 Å². The van der Waals surface area contributed by atoms with E-state index < -0.39 is 12.1 Å². The first-order chi connectivity index (χ1) is 20.5. The van der Waals surface area contributed by atoms with Gasteiger partial charge < -0.3 is 36.1 Å². The molecule has 0 bridgehead atoms. The molecule has 43 heavy (non-hydrogen) atoms. The molecule has 3 aromatic rings. The van der Waals surface area contributed by atoms with E-state index in [-0.39, 0.29) is 50.4 Å². The number of aliphatic imine (C=N–C) groups is 1. The SMILES string of the molecule is CCOC(=O)/N=C(\N)c1ccc(NC(=O)c2cc(C)ccc2NCc2cc(CO)cc(OC(C)C)c2CCC(=O)O)cc1. The van der Waals surface area contributed by atoms with Crippen molar-refractivity contribution in [2.45, 2.75) is 59.8 Å². The molecule has 11 heteroatoms. The van der Waals surface area contributed by atoms with E-state index >= 15 is 0 Å². The summed E-state index contributed by atoms with van der Waals surface area (Å²) in [6, 6.07) is 15.5. The van der Waals surface area contributed by atoms with E-state index in [0.29, 0.717) is 33.8 Å². The minimum Gasteiger partial charge on any atom is -0.491 e. The van der Waals surface area contributed by atoms with Crippen molar-refractivity contribution in [2.24, 2.45) is 10.7 Å². The molecule has 0 aliphatic heterocycles. The molecule has 6 N–H and O–H groups in total. The predicted molar refractivity (Wildman–Crippen MR) is 165 cm³/mol. The number of nitrogens with one attached hydrogen (secondary N) is 2. The van der Waals surface area contributed by atoms with Crippen LogP contribution in [0, 0.1) is 6.92 Å². The molecule has 0 radical (unpaired) electrons. The molecule has 0 saturated heterocycles. The summed E-state index contributed by atoms with van der Waals surface area (Å²) in [5.74, 6) is -0.763. The van der Waals surface area contributed by atoms with Crippen LogP contribution in [0.15, 0.2) is 59.6 Å². The number of nitrogens with zero attached hydrogens (tertiary/aromatic N) is 1. The zero-order chi connectivity index (χ0) is 31.5. The largest absolute Gasteiger partial charge is 0.491 e. The van der Waals surface area contributed by atoms with Crippen LogP contribution in [-0.2, 0) is 29.1 Å².